The summed E-state index contributed by atoms with van der Waals surface area (Å²) in [4.78, 5) is 0. The number of aromatic nitrogens is 3. The Morgan fingerprint density at radius 3 is 3.00 bits per heavy atom. The van der Waals surface area contributed by atoms with Gasteiger partial charge in [-0.1, -0.05) is 22.9 Å². The zero-order valence-corrected chi connectivity index (χ0v) is 11.0. The molecule has 1 aliphatic rings. The second-order valence-corrected chi connectivity index (χ2v) is 5.15. The van der Waals surface area contributed by atoms with Crippen molar-refractivity contribution in [2.75, 3.05) is 0 Å². The highest BCUT2D eigenvalue weighted by Crippen LogP contribution is 2.23. The maximum Gasteiger partial charge on any atom is 0.0853 e. The molecule has 3 rings (SSSR count). The van der Waals surface area contributed by atoms with Crippen LogP contribution in [0.3, 0.4) is 0 Å². The normalized spacial score (nSPS) is 15.0. The molecule has 1 fully saturated rings. The van der Waals surface area contributed by atoms with Crippen LogP contribution in [0.15, 0.2) is 24.4 Å². The molecule has 4 nitrogen and oxygen atoms in total. The molecule has 0 radical (unpaired) electrons. The van der Waals surface area contributed by atoms with E-state index in [9.17, 15) is 0 Å². The Labute approximate surface area is 111 Å². The van der Waals surface area contributed by atoms with E-state index >= 15 is 0 Å². The molecule has 1 heterocycles. The van der Waals surface area contributed by atoms with E-state index in [1.165, 1.54) is 12.8 Å². The predicted octanol–water partition coefficient (Wildman–Crippen LogP) is 2.48. The van der Waals surface area contributed by atoms with E-state index < -0.39 is 0 Å². The third-order valence-electron chi connectivity index (χ3n) is 3.10. The lowest BCUT2D eigenvalue weighted by molar-refractivity contribution is 0.647. The smallest absolute Gasteiger partial charge is 0.0853 e. The van der Waals surface area contributed by atoms with Gasteiger partial charge in [-0.25, -0.2) is 4.68 Å². The van der Waals surface area contributed by atoms with Gasteiger partial charge < -0.3 is 5.32 Å². The van der Waals surface area contributed by atoms with E-state index in [2.05, 4.69) is 15.6 Å². The van der Waals surface area contributed by atoms with Gasteiger partial charge in [0.05, 0.1) is 22.6 Å². The van der Waals surface area contributed by atoms with Crippen molar-refractivity contribution in [3.05, 3.63) is 40.7 Å². The topological polar surface area (TPSA) is 42.7 Å². The zero-order valence-electron chi connectivity index (χ0n) is 10.2. The molecule has 1 saturated carbocycles. The lowest BCUT2D eigenvalue weighted by Gasteiger charge is -2.09. The first kappa shape index (κ1) is 11.7. The molecule has 1 aromatic heterocycles. The second kappa shape index (κ2) is 4.71. The summed E-state index contributed by atoms with van der Waals surface area (Å²) < 4.78 is 1.80. The first-order valence-electron chi connectivity index (χ1n) is 6.13. The van der Waals surface area contributed by atoms with Crippen LogP contribution in [0.5, 0.6) is 0 Å². The lowest BCUT2D eigenvalue weighted by atomic mass is 10.2. The maximum absolute atomic E-state index is 6.26. The third-order valence-corrected chi connectivity index (χ3v) is 3.40. The number of nitrogens with one attached hydrogen (secondary N) is 1. The van der Waals surface area contributed by atoms with Crippen molar-refractivity contribution in [3.8, 4) is 5.69 Å². The SMILES string of the molecule is Cc1ccc(-n2nncc2CNC2CC2)c(Cl)c1. The number of hydrogen-bond donors (Lipinski definition) is 1. The van der Waals surface area contributed by atoms with Crippen molar-refractivity contribution in [1.82, 2.24) is 20.3 Å². The van der Waals surface area contributed by atoms with Crippen LogP contribution in [0.25, 0.3) is 5.69 Å². The Bertz CT molecular complexity index is 560. The molecule has 1 aromatic carbocycles. The molecule has 0 saturated heterocycles. The van der Waals surface area contributed by atoms with Crippen molar-refractivity contribution in [1.29, 1.82) is 0 Å². The predicted molar refractivity (Wildman–Crippen MR) is 71.0 cm³/mol. The van der Waals surface area contributed by atoms with Gasteiger partial charge in [0.25, 0.3) is 0 Å². The Morgan fingerprint density at radius 1 is 1.44 bits per heavy atom. The molecule has 0 atom stereocenters. The minimum Gasteiger partial charge on any atom is -0.308 e. The molecule has 0 aliphatic heterocycles. The first-order chi connectivity index (χ1) is 8.74. The fourth-order valence-corrected chi connectivity index (χ4v) is 2.21. The largest absolute Gasteiger partial charge is 0.308 e. The van der Waals surface area contributed by atoms with Crippen molar-refractivity contribution in [3.63, 3.8) is 0 Å². The van der Waals surface area contributed by atoms with Crippen molar-refractivity contribution >= 4 is 11.6 Å². The molecule has 0 spiro atoms. The van der Waals surface area contributed by atoms with Crippen molar-refractivity contribution < 1.29 is 0 Å². The second-order valence-electron chi connectivity index (χ2n) is 4.75. The highest BCUT2D eigenvalue weighted by molar-refractivity contribution is 6.32. The Balaban J connectivity index is 1.88. The average Bonchev–Trinajstić information content (AvgIpc) is 3.06. The van der Waals surface area contributed by atoms with Crippen LogP contribution in [-0.4, -0.2) is 21.0 Å². The molecule has 18 heavy (non-hydrogen) atoms. The third kappa shape index (κ3) is 2.40. The molecular weight excluding hydrogens is 248 g/mol. The average molecular weight is 263 g/mol. The van der Waals surface area contributed by atoms with Crippen LogP contribution >= 0.6 is 11.6 Å². The minimum absolute atomic E-state index is 0.668. The summed E-state index contributed by atoms with van der Waals surface area (Å²) in [7, 11) is 0. The molecule has 2 aromatic rings. The van der Waals surface area contributed by atoms with Gasteiger partial charge >= 0.3 is 0 Å². The van der Waals surface area contributed by atoms with E-state index in [0.29, 0.717) is 11.1 Å². The number of rotatable bonds is 4. The van der Waals surface area contributed by atoms with Gasteiger partial charge in [-0.3, -0.25) is 0 Å². The number of hydrogen-bond acceptors (Lipinski definition) is 3. The van der Waals surface area contributed by atoms with Gasteiger partial charge in [-0.15, -0.1) is 5.10 Å². The van der Waals surface area contributed by atoms with E-state index in [1.807, 2.05) is 25.1 Å². The number of nitrogens with zero attached hydrogens (tertiary/aromatic N) is 3. The fraction of sp³-hybridized carbons (Fsp3) is 0.385. The maximum atomic E-state index is 6.26. The van der Waals surface area contributed by atoms with Crippen LogP contribution < -0.4 is 5.32 Å². The Kier molecular flexibility index (Phi) is 3.06. The van der Waals surface area contributed by atoms with Crippen LogP contribution in [0, 0.1) is 6.92 Å². The fourth-order valence-electron chi connectivity index (χ4n) is 1.90. The van der Waals surface area contributed by atoms with Crippen molar-refractivity contribution in [2.24, 2.45) is 0 Å². The van der Waals surface area contributed by atoms with Gasteiger partial charge in [-0.05, 0) is 37.5 Å². The molecule has 94 valence electrons. The summed E-state index contributed by atoms with van der Waals surface area (Å²) in [5.74, 6) is 0. The van der Waals surface area contributed by atoms with Gasteiger partial charge in [0.15, 0.2) is 0 Å². The molecule has 0 unspecified atom stereocenters. The summed E-state index contributed by atoms with van der Waals surface area (Å²) in [6.45, 7) is 2.80. The molecule has 1 aliphatic carbocycles. The van der Waals surface area contributed by atoms with Gasteiger partial charge in [0.2, 0.25) is 0 Å². The Hall–Kier alpha value is -1.39. The van der Waals surface area contributed by atoms with Gasteiger partial charge in [0, 0.05) is 12.6 Å². The van der Waals surface area contributed by atoms with Gasteiger partial charge in [0.1, 0.15) is 0 Å². The van der Waals surface area contributed by atoms with Crippen LogP contribution in [-0.2, 0) is 6.54 Å². The highest BCUT2D eigenvalue weighted by atomic mass is 35.5. The lowest BCUT2D eigenvalue weighted by Crippen LogP contribution is -2.18. The quantitative estimate of drug-likeness (QED) is 0.921. The monoisotopic (exact) mass is 262 g/mol. The molecule has 1 N–H and O–H groups in total. The molecule has 0 bridgehead atoms. The van der Waals surface area contributed by atoms with E-state index in [-0.39, 0.29) is 0 Å². The number of benzene rings is 1. The number of halogens is 1. The highest BCUT2D eigenvalue weighted by Gasteiger charge is 2.21. The summed E-state index contributed by atoms with van der Waals surface area (Å²) in [5, 5.41) is 12.3. The first-order valence-corrected chi connectivity index (χ1v) is 6.51. The number of aryl methyl sites for hydroxylation is 1. The van der Waals surface area contributed by atoms with Crippen LogP contribution in [0.1, 0.15) is 24.1 Å². The minimum atomic E-state index is 0.668. The summed E-state index contributed by atoms with van der Waals surface area (Å²) in [6, 6.07) is 6.62. The summed E-state index contributed by atoms with van der Waals surface area (Å²) in [5.41, 5.74) is 3.06. The molecular formula is C13H15ClN4. The van der Waals surface area contributed by atoms with E-state index in [0.717, 1.165) is 23.5 Å². The zero-order chi connectivity index (χ0) is 12.5. The van der Waals surface area contributed by atoms with Crippen LogP contribution in [0.4, 0.5) is 0 Å². The molecule has 0 amide bonds. The van der Waals surface area contributed by atoms with E-state index in [4.69, 9.17) is 11.6 Å². The summed E-state index contributed by atoms with van der Waals surface area (Å²) in [6.07, 6.45) is 4.32. The summed E-state index contributed by atoms with van der Waals surface area (Å²) >= 11 is 6.26. The van der Waals surface area contributed by atoms with E-state index in [1.54, 1.807) is 10.9 Å². The van der Waals surface area contributed by atoms with Crippen LogP contribution in [0.2, 0.25) is 5.02 Å². The Morgan fingerprint density at radius 2 is 2.28 bits per heavy atom. The van der Waals surface area contributed by atoms with Crippen molar-refractivity contribution in [2.45, 2.75) is 32.4 Å². The standard InChI is InChI=1S/C13H15ClN4/c1-9-2-5-13(12(14)6-9)18-11(8-16-17-18)7-15-10-3-4-10/h2,5-6,8,10,15H,3-4,7H2,1H3. The molecule has 5 heteroatoms. The van der Waals surface area contributed by atoms with Gasteiger partial charge in [-0.2, -0.15) is 0 Å².